The Morgan fingerprint density at radius 2 is 1.54 bits per heavy atom. The van der Waals surface area contributed by atoms with Crippen molar-refractivity contribution in [1.82, 2.24) is 9.38 Å². The van der Waals surface area contributed by atoms with Crippen molar-refractivity contribution < 1.29 is 28.7 Å². The lowest BCUT2D eigenvalue weighted by Crippen LogP contribution is -2.25. The van der Waals surface area contributed by atoms with Crippen molar-refractivity contribution in [3.63, 3.8) is 0 Å². The van der Waals surface area contributed by atoms with Gasteiger partial charge in [-0.05, 0) is 48.9 Å². The lowest BCUT2D eigenvalue weighted by molar-refractivity contribution is 0.0592. The van der Waals surface area contributed by atoms with Crippen molar-refractivity contribution in [2.45, 2.75) is 19.8 Å². The van der Waals surface area contributed by atoms with E-state index in [4.69, 9.17) is 4.74 Å². The summed E-state index contributed by atoms with van der Waals surface area (Å²) in [5.74, 6) is -2.52. The number of benzene rings is 2. The second-order valence-corrected chi connectivity index (χ2v) is 9.26. The highest BCUT2D eigenvalue weighted by Crippen LogP contribution is 2.25. The number of aryl methyl sites for hydroxylation is 1. The number of carbonyl (C=O) groups is 4. The number of anilines is 2. The van der Waals surface area contributed by atoms with Crippen molar-refractivity contribution in [3.05, 3.63) is 92.3 Å². The second-order valence-electron chi connectivity index (χ2n) is 8.28. The molecule has 0 bridgehead atoms. The number of aromatic nitrogens is 2. The fourth-order valence-corrected chi connectivity index (χ4v) is 4.83. The van der Waals surface area contributed by atoms with E-state index in [1.165, 1.54) is 56.7 Å². The number of esters is 2. The van der Waals surface area contributed by atoms with E-state index in [0.29, 0.717) is 23.4 Å². The Hall–Kier alpha value is -4.84. The van der Waals surface area contributed by atoms with Crippen LogP contribution in [0, 0.1) is 0 Å². The van der Waals surface area contributed by atoms with Gasteiger partial charge in [-0.25, -0.2) is 19.0 Å². The van der Waals surface area contributed by atoms with Crippen LogP contribution in [0.3, 0.4) is 0 Å². The summed E-state index contributed by atoms with van der Waals surface area (Å²) in [6.45, 7) is 1.95. The minimum absolute atomic E-state index is 0.0492. The van der Waals surface area contributed by atoms with E-state index in [1.54, 1.807) is 12.1 Å². The highest BCUT2D eigenvalue weighted by atomic mass is 32.1. The van der Waals surface area contributed by atoms with Crippen LogP contribution in [0.2, 0.25) is 0 Å². The van der Waals surface area contributed by atoms with Crippen molar-refractivity contribution >= 4 is 51.4 Å². The average Bonchev–Trinajstić information content (AvgIpc) is 3.33. The molecule has 0 aliphatic carbocycles. The molecule has 2 heterocycles. The molecule has 0 radical (unpaired) electrons. The number of hydrogen-bond donors (Lipinski definition) is 2. The van der Waals surface area contributed by atoms with E-state index >= 15 is 0 Å². The van der Waals surface area contributed by atoms with E-state index in [2.05, 4.69) is 20.4 Å². The lowest BCUT2D eigenvalue weighted by Gasteiger charge is -2.09. The first kappa shape index (κ1) is 27.2. The third-order valence-electron chi connectivity index (χ3n) is 5.61. The van der Waals surface area contributed by atoms with Gasteiger partial charge in [-0.1, -0.05) is 30.7 Å². The van der Waals surface area contributed by atoms with Crippen molar-refractivity contribution in [1.29, 1.82) is 0 Å². The fraction of sp³-hybridized carbons (Fsp3) is 0.185. The summed E-state index contributed by atoms with van der Waals surface area (Å²) in [7, 11) is 2.50. The van der Waals surface area contributed by atoms with Crippen LogP contribution >= 0.6 is 11.3 Å². The molecule has 2 aromatic heterocycles. The smallest absolute Gasteiger partial charge is 0.337 e. The molecule has 0 unspecified atom stereocenters. The summed E-state index contributed by atoms with van der Waals surface area (Å²) in [6, 6.07) is 13.4. The maximum atomic E-state index is 13.5. The first-order chi connectivity index (χ1) is 18.7. The van der Waals surface area contributed by atoms with E-state index in [0.717, 1.165) is 22.2 Å². The van der Waals surface area contributed by atoms with Gasteiger partial charge >= 0.3 is 11.9 Å². The van der Waals surface area contributed by atoms with Crippen LogP contribution in [-0.4, -0.2) is 47.4 Å². The molecule has 0 atom stereocenters. The summed E-state index contributed by atoms with van der Waals surface area (Å²) in [6.07, 6.45) is 1.31. The van der Waals surface area contributed by atoms with Gasteiger partial charge < -0.3 is 20.1 Å². The maximum absolute atomic E-state index is 13.5. The Morgan fingerprint density at radius 1 is 0.872 bits per heavy atom. The molecule has 2 N–H and O–H groups in total. The van der Waals surface area contributed by atoms with Crippen molar-refractivity contribution in [2.75, 3.05) is 24.9 Å². The number of carbonyl (C=O) groups excluding carboxylic acids is 4. The molecular weight excluding hydrogens is 524 g/mol. The zero-order valence-electron chi connectivity index (χ0n) is 21.3. The molecule has 0 saturated heterocycles. The van der Waals surface area contributed by atoms with Gasteiger partial charge in [0.15, 0.2) is 4.96 Å². The fourth-order valence-electron chi connectivity index (χ4n) is 3.79. The van der Waals surface area contributed by atoms with Gasteiger partial charge in [0.05, 0.1) is 25.3 Å². The molecule has 39 heavy (non-hydrogen) atoms. The molecular formula is C27H24N4O7S. The summed E-state index contributed by atoms with van der Waals surface area (Å²) in [4.78, 5) is 68.2. The predicted octanol–water partition coefficient (Wildman–Crippen LogP) is 3.79. The third kappa shape index (κ3) is 5.85. The molecule has 0 aliphatic heterocycles. The Morgan fingerprint density at radius 3 is 2.21 bits per heavy atom. The van der Waals surface area contributed by atoms with Gasteiger partial charge in [0, 0.05) is 23.1 Å². The zero-order chi connectivity index (χ0) is 28.1. The van der Waals surface area contributed by atoms with Gasteiger partial charge in [0.2, 0.25) is 0 Å². The molecule has 2 aromatic carbocycles. The summed E-state index contributed by atoms with van der Waals surface area (Å²) in [5.41, 5.74) is 0.960. The standard InChI is InChI=1S/C27H24N4O7S/c1-4-6-18-14-20(32)31-21(23(33)29-19-8-5-7-16(13-19)26(36)38-3)22(39-27(31)30-18)24(34)28-17-11-9-15(10-12-17)25(35)37-2/h5,7-14H,4,6H2,1-3H3,(H,28,34)(H,29,33). The van der Waals surface area contributed by atoms with Crippen LogP contribution in [-0.2, 0) is 15.9 Å². The quantitative estimate of drug-likeness (QED) is 0.317. The Kier molecular flexibility index (Phi) is 8.15. The van der Waals surface area contributed by atoms with Gasteiger partial charge in [0.25, 0.3) is 17.4 Å². The Balaban J connectivity index is 1.74. The molecule has 0 spiro atoms. The summed E-state index contributed by atoms with van der Waals surface area (Å²) >= 11 is 0.898. The Bertz CT molecular complexity index is 1640. The number of hydrogen-bond acceptors (Lipinski definition) is 9. The first-order valence-electron chi connectivity index (χ1n) is 11.8. The second kappa shape index (κ2) is 11.7. The number of fused-ring (bicyclic) bond motifs is 1. The van der Waals surface area contributed by atoms with Crippen LogP contribution in [0.5, 0.6) is 0 Å². The number of nitrogens with one attached hydrogen (secondary N) is 2. The van der Waals surface area contributed by atoms with Crippen molar-refractivity contribution in [2.24, 2.45) is 0 Å². The highest BCUT2D eigenvalue weighted by Gasteiger charge is 2.27. The lowest BCUT2D eigenvalue weighted by atomic mass is 10.2. The monoisotopic (exact) mass is 548 g/mol. The van der Waals surface area contributed by atoms with E-state index in [1.807, 2.05) is 6.92 Å². The number of rotatable bonds is 8. The largest absolute Gasteiger partial charge is 0.465 e. The van der Waals surface area contributed by atoms with Gasteiger partial charge in [-0.3, -0.25) is 14.4 Å². The van der Waals surface area contributed by atoms with Crippen LogP contribution < -0.4 is 16.2 Å². The van der Waals surface area contributed by atoms with E-state index in [9.17, 15) is 24.0 Å². The predicted molar refractivity (Wildman–Crippen MR) is 145 cm³/mol. The molecule has 11 nitrogen and oxygen atoms in total. The van der Waals surface area contributed by atoms with Crippen LogP contribution in [0.4, 0.5) is 11.4 Å². The Labute approximate surface area is 226 Å². The number of amides is 2. The van der Waals surface area contributed by atoms with Crippen molar-refractivity contribution in [3.8, 4) is 0 Å². The van der Waals surface area contributed by atoms with Crippen LogP contribution in [0.15, 0.2) is 59.4 Å². The normalized spacial score (nSPS) is 10.6. The highest BCUT2D eigenvalue weighted by molar-refractivity contribution is 7.19. The topological polar surface area (TPSA) is 145 Å². The maximum Gasteiger partial charge on any atom is 0.337 e. The number of methoxy groups -OCH3 is 2. The van der Waals surface area contributed by atoms with E-state index < -0.39 is 29.3 Å². The minimum Gasteiger partial charge on any atom is -0.465 e. The summed E-state index contributed by atoms with van der Waals surface area (Å²) in [5, 5.41) is 5.34. The van der Waals surface area contributed by atoms with Crippen LogP contribution in [0.25, 0.3) is 4.96 Å². The van der Waals surface area contributed by atoms with E-state index in [-0.39, 0.29) is 26.8 Å². The molecule has 0 saturated carbocycles. The molecule has 0 aliphatic rings. The molecule has 4 rings (SSSR count). The average molecular weight is 549 g/mol. The number of ether oxygens (including phenoxy) is 2. The molecule has 12 heteroatoms. The minimum atomic E-state index is -0.749. The van der Waals surface area contributed by atoms with Gasteiger partial charge in [-0.15, -0.1) is 0 Å². The number of nitrogens with zero attached hydrogens (tertiary/aromatic N) is 2. The molecule has 4 aromatic rings. The third-order valence-corrected chi connectivity index (χ3v) is 6.65. The summed E-state index contributed by atoms with van der Waals surface area (Å²) < 4.78 is 10.5. The van der Waals surface area contributed by atoms with Gasteiger partial charge in [-0.2, -0.15) is 0 Å². The molecule has 200 valence electrons. The first-order valence-corrected chi connectivity index (χ1v) is 12.6. The van der Waals surface area contributed by atoms with Gasteiger partial charge in [0.1, 0.15) is 10.6 Å². The van der Waals surface area contributed by atoms with Crippen LogP contribution in [0.1, 0.15) is 59.9 Å². The molecule has 0 fully saturated rings. The molecule has 2 amide bonds. The SMILES string of the molecule is CCCc1cc(=O)n2c(C(=O)Nc3cccc(C(=O)OC)c3)c(C(=O)Nc3ccc(C(=O)OC)cc3)sc2n1. The zero-order valence-corrected chi connectivity index (χ0v) is 22.1. The number of thiazole rings is 1.